The minimum Gasteiger partial charge on any atom is -0.396 e. The normalized spacial score (nSPS) is 25.4. The van der Waals surface area contributed by atoms with E-state index in [1.807, 2.05) is 23.1 Å². The van der Waals surface area contributed by atoms with Gasteiger partial charge in [0.15, 0.2) is 0 Å². The molecule has 2 heterocycles. The molecule has 1 aromatic carbocycles. The summed E-state index contributed by atoms with van der Waals surface area (Å²) >= 11 is 6.32. The van der Waals surface area contributed by atoms with Gasteiger partial charge in [0, 0.05) is 49.6 Å². The lowest BCUT2D eigenvalue weighted by molar-refractivity contribution is -0.139. The van der Waals surface area contributed by atoms with Gasteiger partial charge in [-0.25, -0.2) is 0 Å². The summed E-state index contributed by atoms with van der Waals surface area (Å²) in [5, 5.41) is 9.89. The zero-order chi connectivity index (χ0) is 17.0. The minimum absolute atomic E-state index is 0.148. The molecule has 1 atom stereocenters. The van der Waals surface area contributed by atoms with Crippen LogP contribution in [0.5, 0.6) is 0 Å². The lowest BCUT2D eigenvalue weighted by Gasteiger charge is -2.48. The molecule has 1 amide bonds. The molecule has 24 heavy (non-hydrogen) atoms. The van der Waals surface area contributed by atoms with Crippen molar-refractivity contribution in [2.24, 2.45) is 5.41 Å². The molecule has 0 aromatic heterocycles. The fourth-order valence-corrected chi connectivity index (χ4v) is 4.41. The van der Waals surface area contributed by atoms with Gasteiger partial charge in [-0.3, -0.25) is 9.69 Å². The van der Waals surface area contributed by atoms with E-state index >= 15 is 0 Å². The summed E-state index contributed by atoms with van der Waals surface area (Å²) in [5.41, 5.74) is 1.39. The molecule has 2 saturated heterocycles. The lowest BCUT2D eigenvalue weighted by Crippen LogP contribution is -2.54. The molecule has 0 saturated carbocycles. The molecule has 0 bridgehead atoms. The first-order valence-corrected chi connectivity index (χ1v) is 9.34. The topological polar surface area (TPSA) is 43.8 Å². The Morgan fingerprint density at radius 1 is 1.21 bits per heavy atom. The van der Waals surface area contributed by atoms with Crippen LogP contribution in [0, 0.1) is 5.41 Å². The predicted molar refractivity (Wildman–Crippen MR) is 95.9 cm³/mol. The van der Waals surface area contributed by atoms with E-state index < -0.39 is 0 Å². The summed E-state index contributed by atoms with van der Waals surface area (Å²) in [4.78, 5) is 16.6. The van der Waals surface area contributed by atoms with Crippen molar-refractivity contribution < 1.29 is 9.90 Å². The molecular formula is C19H27ClN2O2. The Bertz CT molecular complexity index is 580. The minimum atomic E-state index is 0.148. The van der Waals surface area contributed by atoms with Crippen LogP contribution < -0.4 is 0 Å². The molecule has 132 valence electrons. The molecular weight excluding hydrogens is 324 g/mol. The van der Waals surface area contributed by atoms with Crippen LogP contribution in [0.4, 0.5) is 0 Å². The first-order valence-electron chi connectivity index (χ1n) is 8.96. The maximum atomic E-state index is 12.2. The van der Waals surface area contributed by atoms with E-state index in [1.165, 1.54) is 18.4 Å². The summed E-state index contributed by atoms with van der Waals surface area (Å²) in [6.45, 7) is 4.67. The van der Waals surface area contributed by atoms with Gasteiger partial charge >= 0.3 is 0 Å². The van der Waals surface area contributed by atoms with Gasteiger partial charge in [0.2, 0.25) is 5.91 Å². The standard InChI is InChI=1S/C19H27ClN2O2/c20-17-6-2-1-5-16(17)13-21-10-3-8-19(14-21)9-7-18(24)22(15-19)11-4-12-23/h1-2,5-6,23H,3-4,7-15H2/t19-/m0/s1. The van der Waals surface area contributed by atoms with E-state index in [0.717, 1.165) is 37.6 Å². The number of halogens is 1. The zero-order valence-electron chi connectivity index (χ0n) is 14.2. The number of rotatable bonds is 5. The molecule has 2 fully saturated rings. The van der Waals surface area contributed by atoms with Crippen LogP contribution in [0.1, 0.15) is 37.7 Å². The van der Waals surface area contributed by atoms with Crippen LogP contribution in [-0.2, 0) is 11.3 Å². The van der Waals surface area contributed by atoms with E-state index in [9.17, 15) is 4.79 Å². The highest BCUT2D eigenvalue weighted by Gasteiger charge is 2.41. The van der Waals surface area contributed by atoms with Crippen LogP contribution >= 0.6 is 11.6 Å². The highest BCUT2D eigenvalue weighted by atomic mass is 35.5. The summed E-state index contributed by atoms with van der Waals surface area (Å²) < 4.78 is 0. The largest absolute Gasteiger partial charge is 0.396 e. The highest BCUT2D eigenvalue weighted by Crippen LogP contribution is 2.39. The second-order valence-electron chi connectivity index (χ2n) is 7.30. The van der Waals surface area contributed by atoms with E-state index in [-0.39, 0.29) is 17.9 Å². The van der Waals surface area contributed by atoms with Crippen LogP contribution in [0.25, 0.3) is 0 Å². The Hall–Kier alpha value is -1.10. The third-order valence-corrected chi connectivity index (χ3v) is 5.80. The molecule has 5 heteroatoms. The van der Waals surface area contributed by atoms with E-state index in [0.29, 0.717) is 19.4 Å². The quantitative estimate of drug-likeness (QED) is 0.888. The number of carbonyl (C=O) groups excluding carboxylic acids is 1. The van der Waals surface area contributed by atoms with Gasteiger partial charge in [-0.15, -0.1) is 0 Å². The number of benzene rings is 1. The monoisotopic (exact) mass is 350 g/mol. The summed E-state index contributed by atoms with van der Waals surface area (Å²) in [6.07, 6.45) is 4.67. The Morgan fingerprint density at radius 2 is 2.04 bits per heavy atom. The van der Waals surface area contributed by atoms with Crippen LogP contribution in [-0.4, -0.2) is 53.6 Å². The average Bonchev–Trinajstić information content (AvgIpc) is 2.58. The molecule has 2 aliphatic heterocycles. The molecule has 0 radical (unpaired) electrons. The smallest absolute Gasteiger partial charge is 0.222 e. The van der Waals surface area contributed by atoms with E-state index in [2.05, 4.69) is 11.0 Å². The molecule has 0 aliphatic carbocycles. The van der Waals surface area contributed by atoms with Crippen molar-refractivity contribution in [2.45, 2.75) is 38.6 Å². The number of hydrogen-bond donors (Lipinski definition) is 1. The number of hydrogen-bond acceptors (Lipinski definition) is 3. The van der Waals surface area contributed by atoms with Gasteiger partial charge in [0.05, 0.1) is 0 Å². The van der Waals surface area contributed by atoms with Crippen LogP contribution in [0.15, 0.2) is 24.3 Å². The number of piperidine rings is 2. The van der Waals surface area contributed by atoms with Crippen molar-refractivity contribution in [1.29, 1.82) is 0 Å². The van der Waals surface area contributed by atoms with Crippen LogP contribution in [0.3, 0.4) is 0 Å². The second-order valence-corrected chi connectivity index (χ2v) is 7.71. The molecule has 0 unspecified atom stereocenters. The van der Waals surface area contributed by atoms with Gasteiger partial charge in [-0.2, -0.15) is 0 Å². The van der Waals surface area contributed by atoms with Gasteiger partial charge in [0.25, 0.3) is 0 Å². The maximum absolute atomic E-state index is 12.2. The SMILES string of the molecule is O=C1CC[C@]2(CCCN(Cc3ccccc3Cl)C2)CN1CCCO. The van der Waals surface area contributed by atoms with Gasteiger partial charge in [-0.1, -0.05) is 29.8 Å². The summed E-state index contributed by atoms with van der Waals surface area (Å²) in [7, 11) is 0. The second kappa shape index (κ2) is 7.85. The van der Waals surface area contributed by atoms with Crippen molar-refractivity contribution >= 4 is 17.5 Å². The van der Waals surface area contributed by atoms with Crippen molar-refractivity contribution in [2.75, 3.05) is 32.8 Å². The predicted octanol–water partition coefficient (Wildman–Crippen LogP) is 2.93. The van der Waals surface area contributed by atoms with E-state index in [4.69, 9.17) is 16.7 Å². The number of carbonyl (C=O) groups is 1. The number of likely N-dealkylation sites (tertiary alicyclic amines) is 2. The van der Waals surface area contributed by atoms with Gasteiger partial charge < -0.3 is 10.0 Å². The third kappa shape index (κ3) is 4.11. The molecule has 1 spiro atoms. The highest BCUT2D eigenvalue weighted by molar-refractivity contribution is 6.31. The van der Waals surface area contributed by atoms with Crippen molar-refractivity contribution in [3.63, 3.8) is 0 Å². The number of amides is 1. The molecule has 2 aliphatic rings. The van der Waals surface area contributed by atoms with Crippen molar-refractivity contribution in [1.82, 2.24) is 9.80 Å². The zero-order valence-corrected chi connectivity index (χ0v) is 15.0. The first kappa shape index (κ1) is 17.7. The van der Waals surface area contributed by atoms with E-state index in [1.54, 1.807) is 0 Å². The van der Waals surface area contributed by atoms with Crippen molar-refractivity contribution in [3.8, 4) is 0 Å². The van der Waals surface area contributed by atoms with Gasteiger partial charge in [-0.05, 0) is 43.9 Å². The summed E-state index contributed by atoms with van der Waals surface area (Å²) in [5.74, 6) is 0.248. The fraction of sp³-hybridized carbons (Fsp3) is 0.632. The molecule has 3 rings (SSSR count). The van der Waals surface area contributed by atoms with Crippen LogP contribution in [0.2, 0.25) is 5.02 Å². The number of aliphatic hydroxyl groups is 1. The first-order chi connectivity index (χ1) is 11.6. The molecule has 4 nitrogen and oxygen atoms in total. The average molecular weight is 351 g/mol. The van der Waals surface area contributed by atoms with Gasteiger partial charge in [0.1, 0.15) is 0 Å². The Morgan fingerprint density at radius 3 is 2.83 bits per heavy atom. The molecule has 1 aromatic rings. The Kier molecular flexibility index (Phi) is 5.80. The molecule has 1 N–H and O–H groups in total. The third-order valence-electron chi connectivity index (χ3n) is 5.43. The lowest BCUT2D eigenvalue weighted by atomic mass is 9.73. The maximum Gasteiger partial charge on any atom is 0.222 e. The number of aliphatic hydroxyl groups excluding tert-OH is 1. The Labute approximate surface area is 149 Å². The Balaban J connectivity index is 1.65. The fourth-order valence-electron chi connectivity index (χ4n) is 4.21. The van der Waals surface area contributed by atoms with Crippen molar-refractivity contribution in [3.05, 3.63) is 34.9 Å². The summed E-state index contributed by atoms with van der Waals surface area (Å²) in [6, 6.07) is 8.06. The number of nitrogens with zero attached hydrogens (tertiary/aromatic N) is 2.